The second-order valence-electron chi connectivity index (χ2n) is 5.63. The van der Waals surface area contributed by atoms with Gasteiger partial charge in [-0.3, -0.25) is 4.90 Å². The fourth-order valence-electron chi connectivity index (χ4n) is 3.27. The van der Waals surface area contributed by atoms with Crippen LogP contribution in [0, 0.1) is 5.92 Å². The monoisotopic (exact) mass is 246 g/mol. The number of hydrogen-bond donors (Lipinski definition) is 2. The summed E-state index contributed by atoms with van der Waals surface area (Å²) in [6.45, 7) is 4.80. The largest absolute Gasteiger partial charge is 0.392 e. The fraction of sp³-hybridized carbons (Fsp3) is 0.600. The number of nitrogens with zero attached hydrogens (tertiary/aromatic N) is 1. The molecule has 2 atom stereocenters. The first kappa shape index (κ1) is 12.2. The topological polar surface area (TPSA) is 35.5 Å². The maximum absolute atomic E-state index is 9.03. The molecule has 0 saturated carbocycles. The van der Waals surface area contributed by atoms with E-state index in [0.717, 1.165) is 24.1 Å². The minimum absolute atomic E-state index is 0.137. The Morgan fingerprint density at radius 3 is 2.67 bits per heavy atom. The van der Waals surface area contributed by atoms with Gasteiger partial charge in [-0.15, -0.1) is 0 Å². The molecule has 3 rings (SSSR count). The average molecular weight is 246 g/mol. The summed E-state index contributed by atoms with van der Waals surface area (Å²) in [7, 11) is 0. The van der Waals surface area contributed by atoms with E-state index in [1.807, 2.05) is 12.1 Å². The maximum atomic E-state index is 9.03. The zero-order chi connectivity index (χ0) is 12.4. The molecule has 0 amide bonds. The molecule has 0 unspecified atom stereocenters. The highest BCUT2D eigenvalue weighted by atomic mass is 16.3. The minimum Gasteiger partial charge on any atom is -0.392 e. The van der Waals surface area contributed by atoms with E-state index in [1.54, 1.807) is 0 Å². The van der Waals surface area contributed by atoms with E-state index in [4.69, 9.17) is 5.11 Å². The quantitative estimate of drug-likeness (QED) is 0.845. The highest BCUT2D eigenvalue weighted by molar-refractivity contribution is 5.22. The van der Waals surface area contributed by atoms with E-state index in [1.165, 1.54) is 38.0 Å². The number of piperidine rings is 1. The van der Waals surface area contributed by atoms with Crippen LogP contribution in [0.5, 0.6) is 0 Å². The summed E-state index contributed by atoms with van der Waals surface area (Å²) in [4.78, 5) is 2.56. The third-order valence-corrected chi connectivity index (χ3v) is 4.29. The number of aliphatic hydroxyl groups excluding tert-OH is 1. The van der Waals surface area contributed by atoms with Gasteiger partial charge in [-0.25, -0.2) is 0 Å². The molecular weight excluding hydrogens is 224 g/mol. The van der Waals surface area contributed by atoms with Gasteiger partial charge in [0.1, 0.15) is 0 Å². The van der Waals surface area contributed by atoms with Crippen LogP contribution in [0.15, 0.2) is 24.3 Å². The third-order valence-electron chi connectivity index (χ3n) is 4.29. The smallest absolute Gasteiger partial charge is 0.0681 e. The predicted octanol–water partition coefficient (Wildman–Crippen LogP) is 1.36. The van der Waals surface area contributed by atoms with Gasteiger partial charge < -0.3 is 10.4 Å². The first-order chi connectivity index (χ1) is 8.85. The van der Waals surface area contributed by atoms with Crippen molar-refractivity contribution in [2.75, 3.05) is 19.6 Å². The van der Waals surface area contributed by atoms with Crippen LogP contribution in [-0.4, -0.2) is 35.7 Å². The summed E-state index contributed by atoms with van der Waals surface area (Å²) in [5, 5.41) is 12.7. The van der Waals surface area contributed by atoms with Crippen LogP contribution >= 0.6 is 0 Å². The average Bonchev–Trinajstić information content (AvgIpc) is 2.82. The summed E-state index contributed by atoms with van der Waals surface area (Å²) < 4.78 is 0. The normalized spacial score (nSPS) is 28.3. The van der Waals surface area contributed by atoms with E-state index in [9.17, 15) is 0 Å². The van der Waals surface area contributed by atoms with Crippen molar-refractivity contribution in [3.63, 3.8) is 0 Å². The van der Waals surface area contributed by atoms with Crippen molar-refractivity contribution in [3.8, 4) is 0 Å². The van der Waals surface area contributed by atoms with E-state index in [-0.39, 0.29) is 6.61 Å². The molecule has 2 fully saturated rings. The molecule has 98 valence electrons. The van der Waals surface area contributed by atoms with Crippen molar-refractivity contribution < 1.29 is 5.11 Å². The van der Waals surface area contributed by atoms with Crippen LogP contribution in [0.25, 0.3) is 0 Å². The third kappa shape index (κ3) is 2.58. The molecule has 0 aromatic heterocycles. The van der Waals surface area contributed by atoms with Gasteiger partial charge in [0.2, 0.25) is 0 Å². The van der Waals surface area contributed by atoms with Gasteiger partial charge in [0, 0.05) is 25.7 Å². The number of likely N-dealkylation sites (tertiary alicyclic amines) is 1. The fourth-order valence-corrected chi connectivity index (χ4v) is 3.27. The van der Waals surface area contributed by atoms with Gasteiger partial charge in [-0.05, 0) is 36.4 Å². The molecular formula is C15H22N2O. The molecule has 0 radical (unpaired) electrons. The Balaban J connectivity index is 1.59. The Labute approximate surface area is 109 Å². The Morgan fingerprint density at radius 1 is 1.17 bits per heavy atom. The lowest BCUT2D eigenvalue weighted by molar-refractivity contribution is 0.281. The number of benzene rings is 1. The lowest BCUT2D eigenvalue weighted by Crippen LogP contribution is -2.40. The molecule has 0 bridgehead atoms. The molecule has 3 nitrogen and oxygen atoms in total. The second-order valence-corrected chi connectivity index (χ2v) is 5.63. The van der Waals surface area contributed by atoms with Crippen LogP contribution in [0.1, 0.15) is 24.0 Å². The van der Waals surface area contributed by atoms with Crippen LogP contribution in [-0.2, 0) is 13.2 Å². The van der Waals surface area contributed by atoms with E-state index in [0.29, 0.717) is 0 Å². The Kier molecular flexibility index (Phi) is 3.64. The predicted molar refractivity (Wildman–Crippen MR) is 72.2 cm³/mol. The standard InChI is InChI=1S/C15H22N2O/c18-11-13-5-3-12(4-6-13)8-17-9-14-2-1-7-16-15(14)10-17/h3-6,14-16,18H,1-2,7-11H2/t14-,15+/m0/s1. The summed E-state index contributed by atoms with van der Waals surface area (Å²) in [5.41, 5.74) is 2.35. The minimum atomic E-state index is 0.137. The van der Waals surface area contributed by atoms with Crippen molar-refractivity contribution in [1.82, 2.24) is 10.2 Å². The van der Waals surface area contributed by atoms with Crippen molar-refractivity contribution in [3.05, 3.63) is 35.4 Å². The van der Waals surface area contributed by atoms with Crippen molar-refractivity contribution in [2.45, 2.75) is 32.0 Å². The molecule has 2 heterocycles. The summed E-state index contributed by atoms with van der Waals surface area (Å²) >= 11 is 0. The highest BCUT2D eigenvalue weighted by Gasteiger charge is 2.33. The lowest BCUT2D eigenvalue weighted by Gasteiger charge is -2.24. The Bertz CT molecular complexity index is 376. The molecule has 1 aromatic rings. The van der Waals surface area contributed by atoms with Gasteiger partial charge in [0.25, 0.3) is 0 Å². The van der Waals surface area contributed by atoms with E-state index < -0.39 is 0 Å². The van der Waals surface area contributed by atoms with Crippen LogP contribution in [0.2, 0.25) is 0 Å². The molecule has 18 heavy (non-hydrogen) atoms. The SMILES string of the molecule is OCc1ccc(CN2C[C@@H]3CCCN[C@@H]3C2)cc1. The Hall–Kier alpha value is -0.900. The zero-order valence-electron chi connectivity index (χ0n) is 10.8. The molecule has 0 aliphatic carbocycles. The molecule has 2 aliphatic heterocycles. The van der Waals surface area contributed by atoms with Gasteiger partial charge in [0.05, 0.1) is 6.61 Å². The van der Waals surface area contributed by atoms with E-state index in [2.05, 4.69) is 22.3 Å². The van der Waals surface area contributed by atoms with Crippen molar-refractivity contribution in [2.24, 2.45) is 5.92 Å². The molecule has 2 aliphatic rings. The summed E-state index contributed by atoms with van der Waals surface area (Å²) in [5.74, 6) is 0.857. The lowest BCUT2D eigenvalue weighted by atomic mass is 9.94. The van der Waals surface area contributed by atoms with Gasteiger partial charge >= 0.3 is 0 Å². The van der Waals surface area contributed by atoms with Crippen molar-refractivity contribution in [1.29, 1.82) is 0 Å². The summed E-state index contributed by atoms with van der Waals surface area (Å²) in [6, 6.07) is 9.05. The number of hydrogen-bond acceptors (Lipinski definition) is 3. The van der Waals surface area contributed by atoms with Gasteiger partial charge in [-0.1, -0.05) is 24.3 Å². The Morgan fingerprint density at radius 2 is 1.94 bits per heavy atom. The number of aliphatic hydroxyl groups is 1. The molecule has 2 saturated heterocycles. The zero-order valence-corrected chi connectivity index (χ0v) is 10.8. The van der Waals surface area contributed by atoms with Crippen molar-refractivity contribution >= 4 is 0 Å². The highest BCUT2D eigenvalue weighted by Crippen LogP contribution is 2.26. The number of fused-ring (bicyclic) bond motifs is 1. The summed E-state index contributed by atoms with van der Waals surface area (Å²) in [6.07, 6.45) is 2.72. The molecule has 1 aromatic carbocycles. The van der Waals surface area contributed by atoms with Crippen LogP contribution in [0.3, 0.4) is 0 Å². The molecule has 3 heteroatoms. The van der Waals surface area contributed by atoms with Crippen LogP contribution < -0.4 is 5.32 Å². The molecule has 2 N–H and O–H groups in total. The van der Waals surface area contributed by atoms with Gasteiger partial charge in [-0.2, -0.15) is 0 Å². The number of nitrogens with one attached hydrogen (secondary N) is 1. The van der Waals surface area contributed by atoms with Gasteiger partial charge in [0.15, 0.2) is 0 Å². The first-order valence-electron chi connectivity index (χ1n) is 6.99. The maximum Gasteiger partial charge on any atom is 0.0681 e. The van der Waals surface area contributed by atoms with Crippen LogP contribution in [0.4, 0.5) is 0 Å². The van der Waals surface area contributed by atoms with E-state index >= 15 is 0 Å². The first-order valence-corrected chi connectivity index (χ1v) is 6.99. The number of rotatable bonds is 3. The molecule has 0 spiro atoms. The second kappa shape index (κ2) is 5.39.